The Kier molecular flexibility index (Phi) is 7.41. The maximum absolute atomic E-state index is 12.2. The molecule has 1 amide bonds. The summed E-state index contributed by atoms with van der Waals surface area (Å²) in [5.41, 5.74) is 0.944. The van der Waals surface area contributed by atoms with E-state index < -0.39 is 12.1 Å². The van der Waals surface area contributed by atoms with Crippen LogP contribution in [0.3, 0.4) is 0 Å². The molecule has 0 aromatic heterocycles. The number of hydrogen-bond acceptors (Lipinski definition) is 5. The van der Waals surface area contributed by atoms with Crippen LogP contribution in [-0.4, -0.2) is 60.3 Å². The highest BCUT2D eigenvalue weighted by Gasteiger charge is 2.35. The zero-order valence-electron chi connectivity index (χ0n) is 15.6. The molecule has 1 unspecified atom stereocenters. The van der Waals surface area contributed by atoms with Crippen LogP contribution >= 0.6 is 0 Å². The lowest BCUT2D eigenvalue weighted by atomic mass is 9.85. The van der Waals surface area contributed by atoms with Gasteiger partial charge in [0, 0.05) is 12.1 Å². The second kappa shape index (κ2) is 9.54. The number of rotatable bonds is 10. The molecule has 2 rings (SSSR count). The van der Waals surface area contributed by atoms with E-state index in [0.29, 0.717) is 13.2 Å². The van der Waals surface area contributed by atoms with Crippen LogP contribution in [0.25, 0.3) is 0 Å². The molecule has 0 heterocycles. The summed E-state index contributed by atoms with van der Waals surface area (Å²) in [5, 5.41) is 11.9. The largest absolute Gasteiger partial charge is 0.497 e. The molecule has 1 saturated carbocycles. The molecule has 0 bridgehead atoms. The third kappa shape index (κ3) is 5.71. The van der Waals surface area contributed by atoms with Gasteiger partial charge in [0.15, 0.2) is 0 Å². The van der Waals surface area contributed by atoms with Crippen LogP contribution in [0, 0.1) is 0 Å². The quantitative estimate of drug-likeness (QED) is 0.656. The number of amides is 1. The third-order valence-corrected chi connectivity index (χ3v) is 4.72. The van der Waals surface area contributed by atoms with Gasteiger partial charge in [-0.1, -0.05) is 19.1 Å². The standard InChI is InChI=1S/C19H28N2O5/c1-4-21(11-18(22)23)16-9-15(10-16)20-19(24)13(2)26-12-14-6-5-7-17(8-14)25-3/h5-8,13,15-16H,4,9-12H2,1-3H3,(H,20,24)(H,22,23). The van der Waals surface area contributed by atoms with Crippen LogP contribution in [0.1, 0.15) is 32.3 Å². The van der Waals surface area contributed by atoms with Crippen molar-refractivity contribution >= 4 is 11.9 Å². The molecule has 0 saturated heterocycles. The smallest absolute Gasteiger partial charge is 0.317 e. The third-order valence-electron chi connectivity index (χ3n) is 4.72. The van der Waals surface area contributed by atoms with Crippen molar-refractivity contribution in [2.24, 2.45) is 0 Å². The molecular weight excluding hydrogens is 336 g/mol. The van der Waals surface area contributed by atoms with Crippen LogP contribution in [0.2, 0.25) is 0 Å². The van der Waals surface area contributed by atoms with Gasteiger partial charge >= 0.3 is 5.97 Å². The molecule has 7 heteroatoms. The van der Waals surface area contributed by atoms with E-state index >= 15 is 0 Å². The van der Waals surface area contributed by atoms with Crippen molar-refractivity contribution in [3.63, 3.8) is 0 Å². The topological polar surface area (TPSA) is 88.1 Å². The Bertz CT molecular complexity index is 616. The Morgan fingerprint density at radius 2 is 2.12 bits per heavy atom. The molecule has 1 aromatic carbocycles. The number of nitrogens with zero attached hydrogens (tertiary/aromatic N) is 1. The fourth-order valence-corrected chi connectivity index (χ4v) is 3.05. The normalized spacial score (nSPS) is 20.3. The highest BCUT2D eigenvalue weighted by atomic mass is 16.5. The number of benzene rings is 1. The molecule has 2 N–H and O–H groups in total. The van der Waals surface area contributed by atoms with Crippen molar-refractivity contribution in [2.75, 3.05) is 20.2 Å². The number of nitrogens with one attached hydrogen (secondary N) is 1. The summed E-state index contributed by atoms with van der Waals surface area (Å²) < 4.78 is 10.8. The van der Waals surface area contributed by atoms with Gasteiger partial charge in [-0.3, -0.25) is 14.5 Å². The van der Waals surface area contributed by atoms with Crippen LogP contribution in [0.5, 0.6) is 5.75 Å². The lowest BCUT2D eigenvalue weighted by Gasteiger charge is -2.42. The first-order valence-corrected chi connectivity index (χ1v) is 8.93. The van der Waals surface area contributed by atoms with E-state index in [1.54, 1.807) is 14.0 Å². The van der Waals surface area contributed by atoms with Gasteiger partial charge in [-0.15, -0.1) is 0 Å². The summed E-state index contributed by atoms with van der Waals surface area (Å²) in [7, 11) is 1.61. The van der Waals surface area contributed by atoms with Gasteiger partial charge in [-0.05, 0) is 44.0 Å². The average Bonchev–Trinajstić information content (AvgIpc) is 2.60. The van der Waals surface area contributed by atoms with E-state index in [4.69, 9.17) is 14.6 Å². The number of hydrogen-bond donors (Lipinski definition) is 2. The van der Waals surface area contributed by atoms with Gasteiger partial charge in [0.25, 0.3) is 0 Å². The number of carbonyl (C=O) groups is 2. The van der Waals surface area contributed by atoms with E-state index in [0.717, 1.165) is 24.2 Å². The molecule has 1 fully saturated rings. The molecule has 0 aliphatic heterocycles. The molecule has 144 valence electrons. The summed E-state index contributed by atoms with van der Waals surface area (Å²) in [5.74, 6) is -0.206. The van der Waals surface area contributed by atoms with Crippen molar-refractivity contribution in [3.05, 3.63) is 29.8 Å². The Labute approximate surface area is 154 Å². The molecule has 7 nitrogen and oxygen atoms in total. The van der Waals surface area contributed by atoms with Gasteiger partial charge in [-0.2, -0.15) is 0 Å². The van der Waals surface area contributed by atoms with Crippen molar-refractivity contribution in [2.45, 2.75) is 51.5 Å². The average molecular weight is 364 g/mol. The molecule has 0 spiro atoms. The first kappa shape index (κ1) is 20.2. The lowest BCUT2D eigenvalue weighted by Crippen LogP contribution is -2.56. The Morgan fingerprint density at radius 1 is 1.38 bits per heavy atom. The highest BCUT2D eigenvalue weighted by molar-refractivity contribution is 5.80. The number of carbonyl (C=O) groups excluding carboxylic acids is 1. The van der Waals surface area contributed by atoms with E-state index in [1.165, 1.54) is 0 Å². The minimum Gasteiger partial charge on any atom is -0.497 e. The molecule has 0 radical (unpaired) electrons. The Balaban J connectivity index is 1.72. The van der Waals surface area contributed by atoms with Crippen LogP contribution < -0.4 is 10.1 Å². The second-order valence-corrected chi connectivity index (χ2v) is 6.59. The fourth-order valence-electron chi connectivity index (χ4n) is 3.05. The fraction of sp³-hybridized carbons (Fsp3) is 0.579. The van der Waals surface area contributed by atoms with Crippen molar-refractivity contribution in [3.8, 4) is 5.75 Å². The zero-order valence-corrected chi connectivity index (χ0v) is 15.6. The molecule has 1 atom stereocenters. The first-order valence-electron chi connectivity index (χ1n) is 8.93. The summed E-state index contributed by atoms with van der Waals surface area (Å²) in [4.78, 5) is 25.0. The van der Waals surface area contributed by atoms with E-state index in [1.807, 2.05) is 36.1 Å². The van der Waals surface area contributed by atoms with Gasteiger partial charge in [0.2, 0.25) is 5.91 Å². The number of ether oxygens (including phenoxy) is 2. The predicted molar refractivity (Wildman–Crippen MR) is 97.1 cm³/mol. The molecule has 1 aliphatic carbocycles. The number of likely N-dealkylation sites (N-methyl/N-ethyl adjacent to an activating group) is 1. The molecule has 1 aliphatic rings. The Morgan fingerprint density at radius 3 is 2.73 bits per heavy atom. The molecule has 1 aromatic rings. The van der Waals surface area contributed by atoms with Crippen LogP contribution in [-0.2, 0) is 20.9 Å². The zero-order chi connectivity index (χ0) is 19.1. The summed E-state index contributed by atoms with van der Waals surface area (Å²) >= 11 is 0. The number of methoxy groups -OCH3 is 1. The monoisotopic (exact) mass is 364 g/mol. The Hall–Kier alpha value is -2.12. The highest BCUT2D eigenvalue weighted by Crippen LogP contribution is 2.25. The van der Waals surface area contributed by atoms with Gasteiger partial charge < -0.3 is 19.9 Å². The maximum atomic E-state index is 12.2. The number of carboxylic acids is 1. The summed E-state index contributed by atoms with van der Waals surface area (Å²) in [6, 6.07) is 7.84. The van der Waals surface area contributed by atoms with Gasteiger partial charge in [0.05, 0.1) is 20.3 Å². The van der Waals surface area contributed by atoms with Crippen LogP contribution in [0.4, 0.5) is 0 Å². The van der Waals surface area contributed by atoms with E-state index in [9.17, 15) is 9.59 Å². The van der Waals surface area contributed by atoms with Gasteiger partial charge in [-0.25, -0.2) is 0 Å². The van der Waals surface area contributed by atoms with Crippen LogP contribution in [0.15, 0.2) is 24.3 Å². The SMILES string of the molecule is CCN(CC(=O)O)C1CC(NC(=O)C(C)OCc2cccc(OC)c2)C1. The van der Waals surface area contributed by atoms with E-state index in [-0.39, 0.29) is 24.5 Å². The van der Waals surface area contributed by atoms with Crippen molar-refractivity contribution in [1.29, 1.82) is 0 Å². The minimum absolute atomic E-state index is 0.0435. The maximum Gasteiger partial charge on any atom is 0.317 e. The molecule has 26 heavy (non-hydrogen) atoms. The number of aliphatic carboxylic acids is 1. The summed E-state index contributed by atoms with van der Waals surface area (Å²) in [6.45, 7) is 4.75. The van der Waals surface area contributed by atoms with E-state index in [2.05, 4.69) is 5.32 Å². The molecular formula is C19H28N2O5. The summed E-state index contributed by atoms with van der Waals surface area (Å²) in [6.07, 6.45) is 0.992. The number of carboxylic acid groups (broad SMARTS) is 1. The lowest BCUT2D eigenvalue weighted by molar-refractivity contribution is -0.140. The minimum atomic E-state index is -0.820. The van der Waals surface area contributed by atoms with Crippen molar-refractivity contribution < 1.29 is 24.2 Å². The second-order valence-electron chi connectivity index (χ2n) is 6.59. The van der Waals surface area contributed by atoms with Gasteiger partial charge in [0.1, 0.15) is 11.9 Å². The predicted octanol–water partition coefficient (Wildman–Crippen LogP) is 1.65. The first-order chi connectivity index (χ1) is 12.4. The van der Waals surface area contributed by atoms with Crippen molar-refractivity contribution in [1.82, 2.24) is 10.2 Å².